The summed E-state index contributed by atoms with van der Waals surface area (Å²) in [5, 5.41) is 2.79. The zero-order chi connectivity index (χ0) is 28.0. The molecule has 0 saturated carbocycles. The summed E-state index contributed by atoms with van der Waals surface area (Å²) in [6.07, 6.45) is 0.237. The van der Waals surface area contributed by atoms with E-state index in [2.05, 4.69) is 5.32 Å². The molecule has 1 saturated heterocycles. The molecule has 0 aliphatic carbocycles. The number of thiocarbonyl (C=S) groups is 1. The summed E-state index contributed by atoms with van der Waals surface area (Å²) in [5.74, 6) is -1.68. The highest BCUT2D eigenvalue weighted by atomic mass is 32.1. The molecule has 0 aromatic heterocycles. The maximum atomic E-state index is 13.7. The molecule has 1 N–H and O–H groups in total. The lowest BCUT2D eigenvalue weighted by Gasteiger charge is -2.40. The summed E-state index contributed by atoms with van der Waals surface area (Å²) >= 11 is 5.83. The molecule has 0 unspecified atom stereocenters. The molecule has 0 spiro atoms. The number of esters is 2. The summed E-state index contributed by atoms with van der Waals surface area (Å²) in [6.45, 7) is 0. The Labute approximate surface area is 232 Å². The van der Waals surface area contributed by atoms with Crippen molar-refractivity contribution in [3.8, 4) is 5.75 Å². The van der Waals surface area contributed by atoms with Crippen molar-refractivity contribution >= 4 is 35.2 Å². The molecule has 202 valence electrons. The van der Waals surface area contributed by atoms with Crippen molar-refractivity contribution in [2.45, 2.75) is 24.4 Å². The molecule has 39 heavy (non-hydrogen) atoms. The second kappa shape index (κ2) is 12.1. The Hall–Kier alpha value is -4.24. The monoisotopic (exact) mass is 546 g/mol. The van der Waals surface area contributed by atoms with Gasteiger partial charge in [-0.2, -0.15) is 0 Å². The van der Waals surface area contributed by atoms with Crippen molar-refractivity contribution < 1.29 is 28.6 Å². The predicted octanol–water partition coefficient (Wildman–Crippen LogP) is 4.10. The lowest BCUT2D eigenvalue weighted by molar-refractivity contribution is -0.152. The van der Waals surface area contributed by atoms with Crippen LogP contribution in [0, 0.1) is 5.92 Å². The average Bonchev–Trinajstić information content (AvgIpc) is 3.33. The Morgan fingerprint density at radius 3 is 2.08 bits per heavy atom. The van der Waals surface area contributed by atoms with Crippen LogP contribution in [0.15, 0.2) is 84.9 Å². The van der Waals surface area contributed by atoms with E-state index in [0.717, 1.165) is 5.56 Å². The Balaban J connectivity index is 1.88. The Bertz CT molecular complexity index is 1330. The van der Waals surface area contributed by atoms with E-state index in [1.165, 1.54) is 14.2 Å². The van der Waals surface area contributed by atoms with Gasteiger partial charge in [-0.15, -0.1) is 0 Å². The SMILES string of the molecule is COC(=O)[C@H]1C[C@@](Cc2ccccc2)(C(=O)OC)N(C(=S)NC(=O)c2ccccc2)[C@H]1c1ccc(OC)cc1. The Morgan fingerprint density at radius 2 is 1.51 bits per heavy atom. The number of ether oxygens (including phenoxy) is 3. The van der Waals surface area contributed by atoms with Crippen LogP contribution in [0.1, 0.15) is 33.9 Å². The second-order valence-corrected chi connectivity index (χ2v) is 9.62. The van der Waals surface area contributed by atoms with Gasteiger partial charge in [-0.3, -0.25) is 14.9 Å². The molecule has 1 fully saturated rings. The second-order valence-electron chi connectivity index (χ2n) is 9.23. The predicted molar refractivity (Wildman–Crippen MR) is 149 cm³/mol. The molecule has 1 aliphatic heterocycles. The first-order chi connectivity index (χ1) is 18.8. The maximum absolute atomic E-state index is 13.7. The van der Waals surface area contributed by atoms with Crippen LogP contribution >= 0.6 is 12.2 Å². The number of rotatable bonds is 7. The van der Waals surface area contributed by atoms with Crippen molar-refractivity contribution in [3.05, 3.63) is 102 Å². The van der Waals surface area contributed by atoms with Gasteiger partial charge in [-0.05, 0) is 54.0 Å². The summed E-state index contributed by atoms with van der Waals surface area (Å²) in [7, 11) is 4.17. The minimum atomic E-state index is -1.42. The van der Waals surface area contributed by atoms with Gasteiger partial charge < -0.3 is 19.1 Å². The van der Waals surface area contributed by atoms with Crippen LogP contribution in [-0.4, -0.2) is 54.7 Å². The third-order valence-corrected chi connectivity index (χ3v) is 7.32. The highest BCUT2D eigenvalue weighted by Gasteiger charge is 2.60. The Morgan fingerprint density at radius 1 is 0.897 bits per heavy atom. The third-order valence-electron chi connectivity index (χ3n) is 7.02. The van der Waals surface area contributed by atoms with E-state index in [-0.39, 0.29) is 18.0 Å². The molecule has 4 rings (SSSR count). The summed E-state index contributed by atoms with van der Waals surface area (Å²) < 4.78 is 15.8. The number of likely N-dealkylation sites (tertiary alicyclic amines) is 1. The van der Waals surface area contributed by atoms with Gasteiger partial charge >= 0.3 is 11.9 Å². The van der Waals surface area contributed by atoms with Crippen LogP contribution in [0.2, 0.25) is 0 Å². The molecule has 8 nitrogen and oxygen atoms in total. The Kier molecular flexibility index (Phi) is 8.61. The van der Waals surface area contributed by atoms with Crippen LogP contribution in [0.3, 0.4) is 0 Å². The number of amides is 1. The molecule has 0 radical (unpaired) electrons. The largest absolute Gasteiger partial charge is 0.497 e. The van der Waals surface area contributed by atoms with Gasteiger partial charge in [0, 0.05) is 12.0 Å². The summed E-state index contributed by atoms with van der Waals surface area (Å²) in [5.41, 5.74) is 0.516. The number of carbonyl (C=O) groups excluding carboxylic acids is 3. The van der Waals surface area contributed by atoms with Crippen molar-refractivity contribution in [1.29, 1.82) is 0 Å². The molecule has 1 aliphatic rings. The lowest BCUT2D eigenvalue weighted by atomic mass is 9.84. The standard InChI is InChI=1S/C30H30N2O6S/c1-36-23-16-14-21(15-17-23)25-24(27(34)37-2)19-30(28(35)38-3,18-20-10-6-4-7-11-20)32(25)29(39)31-26(33)22-12-8-5-9-13-22/h4-17,24-25H,18-19H2,1-3H3,(H,31,33,39)/t24-,25-,30-/m0/s1. The zero-order valence-electron chi connectivity index (χ0n) is 22.0. The van der Waals surface area contributed by atoms with Crippen LogP contribution in [0.5, 0.6) is 5.75 Å². The van der Waals surface area contributed by atoms with Gasteiger partial charge in [0.05, 0.1) is 33.3 Å². The van der Waals surface area contributed by atoms with Crippen LogP contribution < -0.4 is 10.1 Å². The van der Waals surface area contributed by atoms with E-state index < -0.39 is 35.3 Å². The first-order valence-corrected chi connectivity index (χ1v) is 12.8. The van der Waals surface area contributed by atoms with Crippen molar-refractivity contribution in [1.82, 2.24) is 10.2 Å². The molecule has 1 amide bonds. The number of nitrogens with zero attached hydrogens (tertiary/aromatic N) is 1. The molecule has 0 bridgehead atoms. The quantitative estimate of drug-likeness (QED) is 0.350. The van der Waals surface area contributed by atoms with E-state index in [1.54, 1.807) is 54.5 Å². The van der Waals surface area contributed by atoms with Crippen molar-refractivity contribution in [2.75, 3.05) is 21.3 Å². The third kappa shape index (κ3) is 5.63. The molecule has 9 heteroatoms. The first kappa shape index (κ1) is 27.8. The number of hydrogen-bond donors (Lipinski definition) is 1. The van der Waals surface area contributed by atoms with Gasteiger partial charge in [0.1, 0.15) is 11.3 Å². The van der Waals surface area contributed by atoms with Gasteiger partial charge in [-0.25, -0.2) is 4.79 Å². The number of carbonyl (C=O) groups is 3. The lowest BCUT2D eigenvalue weighted by Crippen LogP contribution is -2.58. The summed E-state index contributed by atoms with van der Waals surface area (Å²) in [6, 6.07) is 24.4. The van der Waals surface area contributed by atoms with Crippen LogP contribution in [-0.2, 0) is 25.5 Å². The number of hydrogen-bond acceptors (Lipinski definition) is 7. The van der Waals surface area contributed by atoms with Gasteiger partial charge in [-0.1, -0.05) is 60.7 Å². The number of methoxy groups -OCH3 is 3. The van der Waals surface area contributed by atoms with Crippen molar-refractivity contribution in [2.24, 2.45) is 5.92 Å². The topological polar surface area (TPSA) is 94.2 Å². The van der Waals surface area contributed by atoms with E-state index in [9.17, 15) is 14.4 Å². The molecule has 1 heterocycles. The smallest absolute Gasteiger partial charge is 0.332 e. The van der Waals surface area contributed by atoms with Gasteiger partial charge in [0.25, 0.3) is 5.91 Å². The highest BCUT2D eigenvalue weighted by Crippen LogP contribution is 2.49. The van der Waals surface area contributed by atoms with E-state index in [1.807, 2.05) is 42.5 Å². The van der Waals surface area contributed by atoms with E-state index in [4.69, 9.17) is 26.4 Å². The fraction of sp³-hybridized carbons (Fsp3) is 0.267. The minimum Gasteiger partial charge on any atom is -0.497 e. The van der Waals surface area contributed by atoms with Gasteiger partial charge in [0.2, 0.25) is 0 Å². The normalized spacial score (nSPS) is 20.1. The first-order valence-electron chi connectivity index (χ1n) is 12.4. The zero-order valence-corrected chi connectivity index (χ0v) is 22.8. The van der Waals surface area contributed by atoms with E-state index >= 15 is 0 Å². The van der Waals surface area contributed by atoms with Crippen LogP contribution in [0.4, 0.5) is 0 Å². The molecule has 3 aromatic rings. The van der Waals surface area contributed by atoms with Crippen molar-refractivity contribution in [3.63, 3.8) is 0 Å². The van der Waals surface area contributed by atoms with Gasteiger partial charge in [0.15, 0.2) is 5.11 Å². The molecular formula is C30H30N2O6S. The van der Waals surface area contributed by atoms with Crippen LogP contribution in [0.25, 0.3) is 0 Å². The highest BCUT2D eigenvalue weighted by molar-refractivity contribution is 7.80. The minimum absolute atomic E-state index is 0.00240. The fourth-order valence-electron chi connectivity index (χ4n) is 5.24. The maximum Gasteiger partial charge on any atom is 0.332 e. The fourth-order valence-corrected chi connectivity index (χ4v) is 5.62. The van der Waals surface area contributed by atoms with E-state index in [0.29, 0.717) is 16.9 Å². The number of nitrogens with one attached hydrogen (secondary N) is 1. The molecule has 3 aromatic carbocycles. The molecular weight excluding hydrogens is 516 g/mol. The number of benzene rings is 3. The molecule has 3 atom stereocenters. The summed E-state index contributed by atoms with van der Waals surface area (Å²) in [4.78, 5) is 41.8. The average molecular weight is 547 g/mol.